The van der Waals surface area contributed by atoms with Gasteiger partial charge in [-0.15, -0.1) is 0 Å². The highest BCUT2D eigenvalue weighted by Gasteiger charge is 2.40. The number of para-hydroxylation sites is 1. The van der Waals surface area contributed by atoms with E-state index in [9.17, 15) is 9.90 Å². The van der Waals surface area contributed by atoms with Crippen LogP contribution >= 0.6 is 0 Å². The predicted molar refractivity (Wildman–Crippen MR) is 113 cm³/mol. The normalized spacial score (nSPS) is 21.8. The van der Waals surface area contributed by atoms with E-state index in [1.807, 2.05) is 39.2 Å². The van der Waals surface area contributed by atoms with Crippen LogP contribution in [0.15, 0.2) is 48.5 Å². The minimum absolute atomic E-state index is 0.149. The first-order valence-electron chi connectivity index (χ1n) is 10.4. The van der Waals surface area contributed by atoms with Crippen molar-refractivity contribution in [3.05, 3.63) is 59.7 Å². The summed E-state index contributed by atoms with van der Waals surface area (Å²) in [6.45, 7) is 3.17. The smallest absolute Gasteiger partial charge is 0.347 e. The highest BCUT2D eigenvalue weighted by atomic mass is 16.5. The summed E-state index contributed by atoms with van der Waals surface area (Å²) in [5, 5.41) is 11.6. The summed E-state index contributed by atoms with van der Waals surface area (Å²) in [6, 6.07) is 14.4. The summed E-state index contributed by atoms with van der Waals surface area (Å²) in [4.78, 5) is 14.8. The van der Waals surface area contributed by atoms with Crippen LogP contribution in [-0.2, 0) is 5.60 Å². The van der Waals surface area contributed by atoms with Crippen LogP contribution < -0.4 is 9.47 Å². The van der Waals surface area contributed by atoms with Crippen LogP contribution in [0.25, 0.3) is 0 Å². The Bertz CT molecular complexity index is 835. The molecular weight excluding hydrogens is 366 g/mol. The zero-order chi connectivity index (χ0) is 20.9. The van der Waals surface area contributed by atoms with Crippen molar-refractivity contribution in [1.29, 1.82) is 0 Å². The van der Waals surface area contributed by atoms with E-state index >= 15 is 0 Å². The molecule has 1 aliphatic rings. The maximum atomic E-state index is 12.7. The molecule has 2 aromatic carbocycles. The highest BCUT2D eigenvalue weighted by Crippen LogP contribution is 2.42. The van der Waals surface area contributed by atoms with Crippen molar-refractivity contribution in [2.75, 3.05) is 27.2 Å². The summed E-state index contributed by atoms with van der Waals surface area (Å²) in [7, 11) is 4.06. The van der Waals surface area contributed by atoms with E-state index in [0.29, 0.717) is 23.7 Å². The maximum absolute atomic E-state index is 12.7. The molecule has 0 heterocycles. The van der Waals surface area contributed by atoms with Gasteiger partial charge in [-0.25, -0.2) is 4.79 Å². The zero-order valence-corrected chi connectivity index (χ0v) is 17.6. The number of carbonyl (C=O) groups is 1. The van der Waals surface area contributed by atoms with E-state index in [2.05, 4.69) is 4.90 Å². The first-order valence-corrected chi connectivity index (χ1v) is 10.4. The van der Waals surface area contributed by atoms with Gasteiger partial charge in [-0.3, -0.25) is 0 Å². The number of benzene rings is 2. The number of carbonyl (C=O) groups excluding carboxylic acids is 1. The lowest BCUT2D eigenvalue weighted by Gasteiger charge is -2.41. The van der Waals surface area contributed by atoms with Crippen molar-refractivity contribution in [1.82, 2.24) is 4.90 Å². The highest BCUT2D eigenvalue weighted by molar-refractivity contribution is 5.94. The summed E-state index contributed by atoms with van der Waals surface area (Å²) < 4.78 is 11.2. The van der Waals surface area contributed by atoms with Gasteiger partial charge in [-0.05, 0) is 63.7 Å². The zero-order valence-electron chi connectivity index (χ0n) is 17.6. The van der Waals surface area contributed by atoms with Crippen LogP contribution in [0, 0.1) is 5.92 Å². The number of aliphatic hydroxyl groups is 1. The Balaban J connectivity index is 1.83. The molecule has 5 heteroatoms. The van der Waals surface area contributed by atoms with Gasteiger partial charge in [-0.2, -0.15) is 0 Å². The van der Waals surface area contributed by atoms with Crippen molar-refractivity contribution in [2.45, 2.75) is 38.2 Å². The van der Waals surface area contributed by atoms with Gasteiger partial charge in [-0.1, -0.05) is 37.1 Å². The van der Waals surface area contributed by atoms with Gasteiger partial charge in [0.1, 0.15) is 17.1 Å². The largest absolute Gasteiger partial charge is 0.493 e. The molecule has 0 aromatic heterocycles. The molecule has 1 fully saturated rings. The van der Waals surface area contributed by atoms with Gasteiger partial charge in [0.15, 0.2) is 0 Å². The van der Waals surface area contributed by atoms with Gasteiger partial charge >= 0.3 is 5.97 Å². The molecule has 1 saturated carbocycles. The third-order valence-corrected chi connectivity index (χ3v) is 5.57. The van der Waals surface area contributed by atoms with Gasteiger partial charge in [0.2, 0.25) is 0 Å². The average molecular weight is 398 g/mol. The molecule has 2 unspecified atom stereocenters. The molecule has 0 saturated heterocycles. The number of hydrogen-bond acceptors (Lipinski definition) is 5. The minimum Gasteiger partial charge on any atom is -0.493 e. The van der Waals surface area contributed by atoms with E-state index < -0.39 is 11.6 Å². The molecule has 2 atom stereocenters. The third kappa shape index (κ3) is 4.98. The average Bonchev–Trinajstić information content (AvgIpc) is 2.70. The van der Waals surface area contributed by atoms with Crippen molar-refractivity contribution < 1.29 is 19.4 Å². The Morgan fingerprint density at radius 3 is 2.72 bits per heavy atom. The second-order valence-electron chi connectivity index (χ2n) is 7.98. The number of esters is 1. The lowest BCUT2D eigenvalue weighted by Crippen LogP contribution is -2.43. The Morgan fingerprint density at radius 1 is 1.17 bits per heavy atom. The van der Waals surface area contributed by atoms with Gasteiger partial charge < -0.3 is 19.5 Å². The van der Waals surface area contributed by atoms with Crippen LogP contribution in [0.4, 0.5) is 0 Å². The first-order chi connectivity index (χ1) is 13.9. The Labute approximate surface area is 173 Å². The van der Waals surface area contributed by atoms with Crippen LogP contribution in [-0.4, -0.2) is 43.2 Å². The molecule has 5 nitrogen and oxygen atoms in total. The van der Waals surface area contributed by atoms with Gasteiger partial charge in [0.25, 0.3) is 0 Å². The quantitative estimate of drug-likeness (QED) is 0.559. The number of ether oxygens (including phenoxy) is 2. The molecule has 3 rings (SSSR count). The first kappa shape index (κ1) is 21.3. The predicted octanol–water partition coefficient (Wildman–Crippen LogP) is 4.24. The van der Waals surface area contributed by atoms with Crippen molar-refractivity contribution in [2.24, 2.45) is 5.92 Å². The molecule has 1 N–H and O–H groups in total. The second-order valence-corrected chi connectivity index (χ2v) is 7.98. The molecular formula is C24H31NO4. The molecule has 0 radical (unpaired) electrons. The molecule has 2 aromatic rings. The number of nitrogens with zero attached hydrogens (tertiary/aromatic N) is 1. The van der Waals surface area contributed by atoms with Crippen LogP contribution in [0.3, 0.4) is 0 Å². The topological polar surface area (TPSA) is 59.0 Å². The summed E-state index contributed by atoms with van der Waals surface area (Å²) in [5.41, 5.74) is 0.294. The number of rotatable bonds is 7. The third-order valence-electron chi connectivity index (χ3n) is 5.57. The SMILES string of the molecule is CCOc1ccccc1C(=O)Oc1cccc(C2(O)CCCCC2CN(C)C)c1. The van der Waals surface area contributed by atoms with Crippen molar-refractivity contribution >= 4 is 5.97 Å². The lowest BCUT2D eigenvalue weighted by molar-refractivity contribution is -0.0619. The molecule has 0 amide bonds. The fourth-order valence-corrected chi connectivity index (χ4v) is 4.20. The fraction of sp³-hybridized carbons (Fsp3) is 0.458. The Morgan fingerprint density at radius 2 is 1.97 bits per heavy atom. The molecule has 1 aliphatic carbocycles. The van der Waals surface area contributed by atoms with Gasteiger partial charge in [0.05, 0.1) is 12.2 Å². The number of hydrogen-bond donors (Lipinski definition) is 1. The molecule has 0 aliphatic heterocycles. The Kier molecular flexibility index (Phi) is 6.93. The lowest BCUT2D eigenvalue weighted by atomic mass is 9.71. The van der Waals surface area contributed by atoms with Crippen molar-refractivity contribution in [3.8, 4) is 11.5 Å². The van der Waals surface area contributed by atoms with Crippen molar-refractivity contribution in [3.63, 3.8) is 0 Å². The summed E-state index contributed by atoms with van der Waals surface area (Å²) >= 11 is 0. The fourth-order valence-electron chi connectivity index (χ4n) is 4.20. The summed E-state index contributed by atoms with van der Waals surface area (Å²) in [6.07, 6.45) is 3.83. The molecule has 156 valence electrons. The van der Waals surface area contributed by atoms with E-state index in [0.717, 1.165) is 37.8 Å². The summed E-state index contributed by atoms with van der Waals surface area (Å²) in [5.74, 6) is 0.622. The second kappa shape index (κ2) is 9.42. The van der Waals surface area contributed by atoms with E-state index in [-0.39, 0.29) is 5.92 Å². The molecule has 29 heavy (non-hydrogen) atoms. The van der Waals surface area contributed by atoms with E-state index in [4.69, 9.17) is 9.47 Å². The molecule has 0 spiro atoms. The minimum atomic E-state index is -0.909. The van der Waals surface area contributed by atoms with E-state index in [1.165, 1.54) is 0 Å². The maximum Gasteiger partial charge on any atom is 0.347 e. The van der Waals surface area contributed by atoms with E-state index in [1.54, 1.807) is 30.3 Å². The van der Waals surface area contributed by atoms with Crippen LogP contribution in [0.2, 0.25) is 0 Å². The monoisotopic (exact) mass is 397 g/mol. The van der Waals surface area contributed by atoms with Crippen LogP contribution in [0.1, 0.15) is 48.5 Å². The molecule has 0 bridgehead atoms. The Hall–Kier alpha value is -2.37. The standard InChI is InChI=1S/C24H31NO4/c1-4-28-22-14-6-5-13-21(22)23(26)29-20-12-9-11-18(16-20)24(27)15-8-7-10-19(24)17-25(2)3/h5-6,9,11-14,16,19,27H,4,7-8,10,15,17H2,1-3H3. The van der Waals surface area contributed by atoms with Crippen LogP contribution in [0.5, 0.6) is 11.5 Å². The van der Waals surface area contributed by atoms with Gasteiger partial charge in [0, 0.05) is 12.5 Å².